The van der Waals surface area contributed by atoms with Crippen molar-refractivity contribution in [2.24, 2.45) is 0 Å². The maximum absolute atomic E-state index is 5.34. The SMILES string of the molecule is CCN(C(C)CNCc1ccco1)C1CCCCC1. The average molecular weight is 264 g/mol. The van der Waals surface area contributed by atoms with Gasteiger partial charge in [-0.05, 0) is 38.4 Å². The van der Waals surface area contributed by atoms with Crippen LogP contribution in [0.25, 0.3) is 0 Å². The minimum Gasteiger partial charge on any atom is -0.468 e. The second-order valence-electron chi connectivity index (χ2n) is 5.68. The van der Waals surface area contributed by atoms with E-state index in [-0.39, 0.29) is 0 Å². The Morgan fingerprint density at radius 3 is 2.79 bits per heavy atom. The van der Waals surface area contributed by atoms with Crippen LogP contribution in [0, 0.1) is 0 Å². The topological polar surface area (TPSA) is 28.4 Å². The summed E-state index contributed by atoms with van der Waals surface area (Å²) in [5, 5.41) is 3.51. The van der Waals surface area contributed by atoms with E-state index in [4.69, 9.17) is 4.42 Å². The fourth-order valence-corrected chi connectivity index (χ4v) is 3.28. The summed E-state index contributed by atoms with van der Waals surface area (Å²) in [4.78, 5) is 2.67. The van der Waals surface area contributed by atoms with Crippen LogP contribution in [0.1, 0.15) is 51.7 Å². The zero-order valence-corrected chi connectivity index (χ0v) is 12.4. The first-order valence-electron chi connectivity index (χ1n) is 7.80. The highest BCUT2D eigenvalue weighted by atomic mass is 16.3. The van der Waals surface area contributed by atoms with Crippen LogP contribution in [-0.2, 0) is 6.54 Å². The van der Waals surface area contributed by atoms with Crippen LogP contribution < -0.4 is 5.32 Å². The summed E-state index contributed by atoms with van der Waals surface area (Å²) in [7, 11) is 0. The number of nitrogens with zero attached hydrogens (tertiary/aromatic N) is 1. The molecule has 1 aliphatic carbocycles. The number of hydrogen-bond acceptors (Lipinski definition) is 3. The van der Waals surface area contributed by atoms with Crippen molar-refractivity contribution in [2.45, 2.75) is 64.6 Å². The van der Waals surface area contributed by atoms with Crippen LogP contribution in [-0.4, -0.2) is 30.1 Å². The molecule has 1 aromatic rings. The molecule has 3 heteroatoms. The van der Waals surface area contributed by atoms with Gasteiger partial charge in [0.15, 0.2) is 0 Å². The quantitative estimate of drug-likeness (QED) is 0.818. The standard InChI is InChI=1S/C16H28N2O/c1-3-18(15-8-5-4-6-9-15)14(2)12-17-13-16-10-7-11-19-16/h7,10-11,14-15,17H,3-6,8-9,12-13H2,1-2H3. The van der Waals surface area contributed by atoms with E-state index in [0.717, 1.165) is 31.4 Å². The predicted molar refractivity (Wildman–Crippen MR) is 79.1 cm³/mol. The van der Waals surface area contributed by atoms with Crippen molar-refractivity contribution in [3.63, 3.8) is 0 Å². The lowest BCUT2D eigenvalue weighted by molar-refractivity contribution is 0.117. The van der Waals surface area contributed by atoms with Gasteiger partial charge in [0.2, 0.25) is 0 Å². The first-order chi connectivity index (χ1) is 9.31. The van der Waals surface area contributed by atoms with Crippen LogP contribution in [0.3, 0.4) is 0 Å². The van der Waals surface area contributed by atoms with Gasteiger partial charge in [0.1, 0.15) is 5.76 Å². The highest BCUT2D eigenvalue weighted by molar-refractivity contribution is 4.97. The highest BCUT2D eigenvalue weighted by Gasteiger charge is 2.23. The monoisotopic (exact) mass is 264 g/mol. The number of nitrogens with one attached hydrogen (secondary N) is 1. The second-order valence-corrected chi connectivity index (χ2v) is 5.68. The Morgan fingerprint density at radius 2 is 2.16 bits per heavy atom. The van der Waals surface area contributed by atoms with Crippen molar-refractivity contribution < 1.29 is 4.42 Å². The van der Waals surface area contributed by atoms with Gasteiger partial charge in [-0.15, -0.1) is 0 Å². The predicted octanol–water partition coefficient (Wildman–Crippen LogP) is 3.41. The largest absolute Gasteiger partial charge is 0.468 e. The van der Waals surface area contributed by atoms with E-state index in [9.17, 15) is 0 Å². The average Bonchev–Trinajstić information content (AvgIpc) is 2.94. The maximum Gasteiger partial charge on any atom is 0.117 e. The third kappa shape index (κ3) is 4.36. The molecule has 3 nitrogen and oxygen atoms in total. The van der Waals surface area contributed by atoms with Gasteiger partial charge in [-0.25, -0.2) is 0 Å². The lowest BCUT2D eigenvalue weighted by atomic mass is 9.93. The highest BCUT2D eigenvalue weighted by Crippen LogP contribution is 2.23. The number of hydrogen-bond donors (Lipinski definition) is 1. The van der Waals surface area contributed by atoms with Crippen LogP contribution in [0.2, 0.25) is 0 Å². The summed E-state index contributed by atoms with van der Waals surface area (Å²) < 4.78 is 5.34. The van der Waals surface area contributed by atoms with Crippen LogP contribution in [0.5, 0.6) is 0 Å². The van der Waals surface area contributed by atoms with E-state index >= 15 is 0 Å². The molecule has 0 radical (unpaired) electrons. The van der Waals surface area contributed by atoms with Gasteiger partial charge in [0, 0.05) is 18.6 Å². The molecule has 1 fully saturated rings. The van der Waals surface area contributed by atoms with Gasteiger partial charge in [-0.2, -0.15) is 0 Å². The molecule has 0 saturated heterocycles. The molecule has 2 rings (SSSR count). The summed E-state index contributed by atoms with van der Waals surface area (Å²) in [6.07, 6.45) is 8.76. The molecular formula is C16H28N2O. The van der Waals surface area contributed by atoms with Crippen molar-refractivity contribution in [2.75, 3.05) is 13.1 Å². The van der Waals surface area contributed by atoms with Crippen LogP contribution in [0.15, 0.2) is 22.8 Å². The van der Waals surface area contributed by atoms with E-state index in [1.807, 2.05) is 12.1 Å². The molecule has 19 heavy (non-hydrogen) atoms. The molecule has 1 N–H and O–H groups in total. The molecule has 1 saturated carbocycles. The summed E-state index contributed by atoms with van der Waals surface area (Å²) in [6, 6.07) is 5.37. The molecule has 1 heterocycles. The molecule has 108 valence electrons. The summed E-state index contributed by atoms with van der Waals surface area (Å²) in [5.41, 5.74) is 0. The van der Waals surface area contributed by atoms with E-state index in [1.165, 1.54) is 32.1 Å². The first kappa shape index (κ1) is 14.6. The molecule has 1 atom stereocenters. The molecule has 0 bridgehead atoms. The fraction of sp³-hybridized carbons (Fsp3) is 0.750. The van der Waals surface area contributed by atoms with Gasteiger partial charge >= 0.3 is 0 Å². The van der Waals surface area contributed by atoms with E-state index in [0.29, 0.717) is 6.04 Å². The molecule has 1 unspecified atom stereocenters. The van der Waals surface area contributed by atoms with Gasteiger partial charge in [-0.3, -0.25) is 4.90 Å². The second kappa shape index (κ2) is 7.71. The van der Waals surface area contributed by atoms with Gasteiger partial charge in [0.05, 0.1) is 12.8 Å². The zero-order chi connectivity index (χ0) is 13.5. The zero-order valence-electron chi connectivity index (χ0n) is 12.4. The van der Waals surface area contributed by atoms with Crippen LogP contribution in [0.4, 0.5) is 0 Å². The van der Waals surface area contributed by atoms with Crippen molar-refractivity contribution in [3.05, 3.63) is 24.2 Å². The Morgan fingerprint density at radius 1 is 1.37 bits per heavy atom. The number of rotatable bonds is 7. The van der Waals surface area contributed by atoms with Crippen molar-refractivity contribution in [1.82, 2.24) is 10.2 Å². The van der Waals surface area contributed by atoms with E-state index in [2.05, 4.69) is 24.1 Å². The lowest BCUT2D eigenvalue weighted by Gasteiger charge is -2.38. The van der Waals surface area contributed by atoms with Crippen molar-refractivity contribution in [3.8, 4) is 0 Å². The summed E-state index contributed by atoms with van der Waals surface area (Å²) in [5.74, 6) is 1.02. The molecule has 0 spiro atoms. The normalized spacial score (nSPS) is 18.9. The van der Waals surface area contributed by atoms with Crippen molar-refractivity contribution >= 4 is 0 Å². The smallest absolute Gasteiger partial charge is 0.117 e. The van der Waals surface area contributed by atoms with Gasteiger partial charge in [0.25, 0.3) is 0 Å². The Labute approximate surface area is 117 Å². The van der Waals surface area contributed by atoms with E-state index < -0.39 is 0 Å². The Kier molecular flexibility index (Phi) is 5.93. The molecule has 1 aromatic heterocycles. The molecular weight excluding hydrogens is 236 g/mol. The maximum atomic E-state index is 5.34. The summed E-state index contributed by atoms with van der Waals surface area (Å²) >= 11 is 0. The Bertz CT molecular complexity index is 331. The Hall–Kier alpha value is -0.800. The molecule has 1 aliphatic rings. The lowest BCUT2D eigenvalue weighted by Crippen LogP contribution is -2.46. The number of likely N-dealkylation sites (N-methyl/N-ethyl adjacent to an activating group) is 1. The summed E-state index contributed by atoms with van der Waals surface area (Å²) in [6.45, 7) is 7.66. The molecule has 0 amide bonds. The van der Waals surface area contributed by atoms with E-state index in [1.54, 1.807) is 6.26 Å². The minimum absolute atomic E-state index is 0.600. The van der Waals surface area contributed by atoms with Gasteiger partial charge < -0.3 is 9.73 Å². The first-order valence-corrected chi connectivity index (χ1v) is 7.80. The van der Waals surface area contributed by atoms with Crippen molar-refractivity contribution in [1.29, 1.82) is 0 Å². The molecule has 0 aliphatic heterocycles. The third-order valence-corrected chi connectivity index (χ3v) is 4.29. The van der Waals surface area contributed by atoms with Crippen LogP contribution >= 0.6 is 0 Å². The number of furan rings is 1. The fourth-order valence-electron chi connectivity index (χ4n) is 3.28. The third-order valence-electron chi connectivity index (χ3n) is 4.29. The molecule has 0 aromatic carbocycles. The van der Waals surface area contributed by atoms with Gasteiger partial charge in [-0.1, -0.05) is 26.2 Å². The Balaban J connectivity index is 1.74. The minimum atomic E-state index is 0.600.